The lowest BCUT2D eigenvalue weighted by atomic mass is 10.0. The minimum atomic E-state index is -4.40. The standard InChI is InChI=1S/C37H75N2O7P/c1-3-5-7-9-11-13-15-16-17-18-19-20-22-24-26-28-30-36(41)37(42)39-34(33-46-47(43,44)45-32-31-38)35(40)29-27-25-23-21-14-12-10-8-6-4-2/h27,29,34-36,40-41H,3-26,28,30-33,38H2,1-2H3,(H,39,42)(H,43,44)/b29-27+/t34-,35+,36?/m0/s1. The maximum absolute atomic E-state index is 12.8. The van der Waals surface area contributed by atoms with E-state index in [0.717, 1.165) is 38.5 Å². The summed E-state index contributed by atoms with van der Waals surface area (Å²) in [6.07, 6.45) is 31.9. The summed E-state index contributed by atoms with van der Waals surface area (Å²) in [4.78, 5) is 22.6. The lowest BCUT2D eigenvalue weighted by molar-refractivity contribution is -0.131. The van der Waals surface area contributed by atoms with Crippen LogP contribution in [-0.2, 0) is 18.4 Å². The average molecular weight is 691 g/mol. The van der Waals surface area contributed by atoms with E-state index in [1.807, 2.05) is 6.08 Å². The van der Waals surface area contributed by atoms with Crippen LogP contribution < -0.4 is 11.1 Å². The van der Waals surface area contributed by atoms with Gasteiger partial charge in [-0.1, -0.05) is 174 Å². The smallest absolute Gasteiger partial charge is 0.387 e. The van der Waals surface area contributed by atoms with Gasteiger partial charge in [0.2, 0.25) is 5.91 Å². The van der Waals surface area contributed by atoms with Gasteiger partial charge in [-0.3, -0.25) is 13.8 Å². The van der Waals surface area contributed by atoms with Crippen molar-refractivity contribution in [3.63, 3.8) is 0 Å². The zero-order chi connectivity index (χ0) is 34.9. The number of nitrogens with one attached hydrogen (secondary N) is 1. The molecule has 0 saturated heterocycles. The highest BCUT2D eigenvalue weighted by atomic mass is 31.2. The number of rotatable bonds is 36. The second kappa shape index (κ2) is 33.7. The van der Waals surface area contributed by atoms with Crippen LogP contribution in [0, 0.1) is 0 Å². The van der Waals surface area contributed by atoms with Gasteiger partial charge in [0.05, 0.1) is 25.4 Å². The average Bonchev–Trinajstić information content (AvgIpc) is 3.06. The number of carbonyl (C=O) groups is 1. The molecule has 9 nitrogen and oxygen atoms in total. The number of nitrogens with two attached hydrogens (primary N) is 1. The van der Waals surface area contributed by atoms with Crippen molar-refractivity contribution < 1.29 is 33.5 Å². The van der Waals surface area contributed by atoms with Gasteiger partial charge >= 0.3 is 7.82 Å². The minimum Gasteiger partial charge on any atom is -0.387 e. The summed E-state index contributed by atoms with van der Waals surface area (Å²) in [6.45, 7) is 3.90. The quantitative estimate of drug-likeness (QED) is 0.0248. The molecule has 0 aromatic rings. The van der Waals surface area contributed by atoms with Crippen molar-refractivity contribution >= 4 is 13.7 Å². The monoisotopic (exact) mass is 691 g/mol. The number of unbranched alkanes of at least 4 members (excludes halogenated alkanes) is 23. The summed E-state index contributed by atoms with van der Waals surface area (Å²) < 4.78 is 21.9. The third-order valence-corrected chi connectivity index (χ3v) is 9.71. The molecular formula is C37H75N2O7P. The van der Waals surface area contributed by atoms with Crippen LogP contribution in [0.25, 0.3) is 0 Å². The molecule has 0 bridgehead atoms. The Morgan fingerprint density at radius 1 is 0.702 bits per heavy atom. The fourth-order valence-electron chi connectivity index (χ4n) is 5.67. The molecule has 0 aromatic carbocycles. The Balaban J connectivity index is 4.35. The Morgan fingerprint density at radius 3 is 1.57 bits per heavy atom. The van der Waals surface area contributed by atoms with Crippen molar-refractivity contribution in [2.24, 2.45) is 5.73 Å². The van der Waals surface area contributed by atoms with Gasteiger partial charge in [0, 0.05) is 6.54 Å². The topological polar surface area (TPSA) is 151 Å². The van der Waals surface area contributed by atoms with Gasteiger partial charge in [0.15, 0.2) is 0 Å². The molecule has 0 aliphatic rings. The van der Waals surface area contributed by atoms with E-state index in [0.29, 0.717) is 6.42 Å². The Labute approximate surface area is 288 Å². The van der Waals surface area contributed by atoms with Crippen LogP contribution in [0.1, 0.15) is 181 Å². The van der Waals surface area contributed by atoms with Crippen molar-refractivity contribution in [2.45, 2.75) is 199 Å². The predicted molar refractivity (Wildman–Crippen MR) is 195 cm³/mol. The molecule has 4 atom stereocenters. The van der Waals surface area contributed by atoms with E-state index in [1.54, 1.807) is 6.08 Å². The van der Waals surface area contributed by atoms with E-state index in [9.17, 15) is 24.5 Å². The van der Waals surface area contributed by atoms with Gasteiger partial charge in [-0.05, 0) is 19.3 Å². The molecule has 2 unspecified atom stereocenters. The van der Waals surface area contributed by atoms with Crippen molar-refractivity contribution in [2.75, 3.05) is 19.8 Å². The number of allylic oxidation sites excluding steroid dienone is 1. The zero-order valence-corrected chi connectivity index (χ0v) is 31.3. The molecule has 47 heavy (non-hydrogen) atoms. The first-order valence-corrected chi connectivity index (χ1v) is 20.9. The van der Waals surface area contributed by atoms with Crippen molar-refractivity contribution in [3.05, 3.63) is 12.2 Å². The molecule has 0 heterocycles. The van der Waals surface area contributed by atoms with Crippen molar-refractivity contribution in [1.82, 2.24) is 5.32 Å². The van der Waals surface area contributed by atoms with Crippen LogP contribution in [0.5, 0.6) is 0 Å². The highest BCUT2D eigenvalue weighted by Crippen LogP contribution is 2.43. The van der Waals surface area contributed by atoms with E-state index in [2.05, 4.69) is 19.2 Å². The molecule has 0 saturated carbocycles. The number of aliphatic hydroxyl groups excluding tert-OH is 2. The van der Waals surface area contributed by atoms with Crippen LogP contribution in [0.15, 0.2) is 12.2 Å². The zero-order valence-electron chi connectivity index (χ0n) is 30.4. The molecule has 1 amide bonds. The van der Waals surface area contributed by atoms with Gasteiger partial charge in [-0.2, -0.15) is 0 Å². The second-order valence-corrected chi connectivity index (χ2v) is 14.7. The van der Waals surface area contributed by atoms with E-state index < -0.39 is 38.6 Å². The molecule has 0 fully saturated rings. The van der Waals surface area contributed by atoms with Crippen molar-refractivity contribution in [3.8, 4) is 0 Å². The molecule has 0 radical (unpaired) electrons. The first-order chi connectivity index (χ1) is 22.8. The number of hydrogen-bond donors (Lipinski definition) is 5. The lowest BCUT2D eigenvalue weighted by Crippen LogP contribution is -2.49. The highest BCUT2D eigenvalue weighted by molar-refractivity contribution is 7.47. The predicted octanol–water partition coefficient (Wildman–Crippen LogP) is 9.02. The number of carbonyl (C=O) groups excluding carboxylic acids is 1. The molecule has 0 aliphatic heterocycles. The SMILES string of the molecule is CCCCCCCCCC/C=C/[C@@H](O)[C@H](COP(=O)(O)OCCN)NC(=O)C(O)CCCCCCCCCCCCCCCCCC. The summed E-state index contributed by atoms with van der Waals surface area (Å²) in [6, 6.07) is -1.03. The first kappa shape index (κ1) is 46.2. The summed E-state index contributed by atoms with van der Waals surface area (Å²) in [5.74, 6) is -0.634. The maximum atomic E-state index is 12.8. The molecule has 0 spiro atoms. The number of phosphoric acid groups is 1. The van der Waals surface area contributed by atoms with Crippen LogP contribution in [0.4, 0.5) is 0 Å². The lowest BCUT2D eigenvalue weighted by Gasteiger charge is -2.24. The Kier molecular flexibility index (Phi) is 33.1. The fraction of sp³-hybridized carbons (Fsp3) is 0.919. The summed E-state index contributed by atoms with van der Waals surface area (Å²) >= 11 is 0. The summed E-state index contributed by atoms with van der Waals surface area (Å²) in [5.41, 5.74) is 5.34. The highest BCUT2D eigenvalue weighted by Gasteiger charge is 2.28. The van der Waals surface area contributed by atoms with Gasteiger partial charge in [0.1, 0.15) is 6.10 Å². The Bertz CT molecular complexity index is 771. The largest absolute Gasteiger partial charge is 0.472 e. The molecule has 0 aromatic heterocycles. The van der Waals surface area contributed by atoms with Gasteiger partial charge in [-0.25, -0.2) is 4.57 Å². The van der Waals surface area contributed by atoms with Crippen molar-refractivity contribution in [1.29, 1.82) is 0 Å². The minimum absolute atomic E-state index is 0.0454. The van der Waals surface area contributed by atoms with E-state index >= 15 is 0 Å². The van der Waals surface area contributed by atoms with E-state index in [-0.39, 0.29) is 13.2 Å². The number of hydrogen-bond acceptors (Lipinski definition) is 7. The van der Waals surface area contributed by atoms with Gasteiger partial charge in [-0.15, -0.1) is 0 Å². The van der Waals surface area contributed by atoms with Crippen LogP contribution in [0.3, 0.4) is 0 Å². The third kappa shape index (κ3) is 31.0. The molecule has 0 rings (SSSR count). The van der Waals surface area contributed by atoms with Gasteiger partial charge in [0.25, 0.3) is 0 Å². The Morgan fingerprint density at radius 2 is 1.13 bits per heavy atom. The van der Waals surface area contributed by atoms with E-state index in [1.165, 1.54) is 122 Å². The third-order valence-electron chi connectivity index (χ3n) is 8.72. The molecule has 6 N–H and O–H groups in total. The molecule has 10 heteroatoms. The fourth-order valence-corrected chi connectivity index (χ4v) is 6.43. The number of aliphatic hydroxyl groups is 2. The molecular weight excluding hydrogens is 615 g/mol. The number of amides is 1. The van der Waals surface area contributed by atoms with Gasteiger partial charge < -0.3 is 26.2 Å². The second-order valence-electron chi connectivity index (χ2n) is 13.3. The van der Waals surface area contributed by atoms with Crippen LogP contribution in [-0.4, -0.2) is 59.0 Å². The van der Waals surface area contributed by atoms with Crippen LogP contribution in [0.2, 0.25) is 0 Å². The summed E-state index contributed by atoms with van der Waals surface area (Å²) in [5, 5.41) is 23.9. The molecule has 0 aliphatic carbocycles. The number of phosphoric ester groups is 1. The Hall–Kier alpha value is -0.800. The summed E-state index contributed by atoms with van der Waals surface area (Å²) in [7, 11) is -4.40. The van der Waals surface area contributed by atoms with Crippen LogP contribution >= 0.6 is 7.82 Å². The maximum Gasteiger partial charge on any atom is 0.472 e. The normalized spacial score (nSPS) is 15.1. The molecule has 280 valence electrons. The first-order valence-electron chi connectivity index (χ1n) is 19.4. The van der Waals surface area contributed by atoms with E-state index in [4.69, 9.17) is 14.8 Å².